The fraction of sp³-hybridized carbons (Fsp3) is 0.350. The largest absolute Gasteiger partial charge is 0.454 e. The molecule has 2 aliphatic rings. The number of ketones is 1. The monoisotopic (exact) mass is 382 g/mol. The van der Waals surface area contributed by atoms with Gasteiger partial charge in [0.05, 0.1) is 12.2 Å². The van der Waals surface area contributed by atoms with Crippen molar-refractivity contribution in [3.63, 3.8) is 0 Å². The lowest BCUT2D eigenvalue weighted by molar-refractivity contribution is -0.117. The van der Waals surface area contributed by atoms with Crippen LogP contribution in [0.2, 0.25) is 0 Å². The van der Waals surface area contributed by atoms with Gasteiger partial charge in [0.25, 0.3) is 0 Å². The summed E-state index contributed by atoms with van der Waals surface area (Å²) in [4.78, 5) is 33.2. The molecule has 0 spiro atoms. The molecular weight excluding hydrogens is 360 g/mol. The third kappa shape index (κ3) is 3.91. The van der Waals surface area contributed by atoms with E-state index < -0.39 is 0 Å². The molecule has 8 heteroatoms. The van der Waals surface area contributed by atoms with E-state index in [2.05, 4.69) is 20.1 Å². The molecule has 1 N–H and O–H groups in total. The number of rotatable bonds is 5. The van der Waals surface area contributed by atoms with Gasteiger partial charge < -0.3 is 19.7 Å². The van der Waals surface area contributed by atoms with Gasteiger partial charge in [0.1, 0.15) is 5.82 Å². The molecule has 1 aromatic heterocycles. The Morgan fingerprint density at radius 2 is 1.86 bits per heavy atom. The summed E-state index contributed by atoms with van der Waals surface area (Å²) in [5, 5.41) is 2.85. The molecule has 1 fully saturated rings. The SMILES string of the molecule is CC(=O)c1cc2c(cc1NC(=O)CN1CCN(c3ccccn3)CC1)OCO2. The molecule has 0 bridgehead atoms. The number of ether oxygens (including phenoxy) is 2. The van der Waals surface area contributed by atoms with Gasteiger partial charge in [0, 0.05) is 44.0 Å². The summed E-state index contributed by atoms with van der Waals surface area (Å²) in [5.41, 5.74) is 0.867. The quantitative estimate of drug-likeness (QED) is 0.789. The first kappa shape index (κ1) is 18.2. The van der Waals surface area contributed by atoms with E-state index in [-0.39, 0.29) is 25.0 Å². The predicted octanol–water partition coefficient (Wildman–Crippen LogP) is 1.77. The van der Waals surface area contributed by atoms with Gasteiger partial charge in [-0.05, 0) is 25.1 Å². The second-order valence-corrected chi connectivity index (χ2v) is 6.81. The van der Waals surface area contributed by atoms with Crippen LogP contribution in [0.3, 0.4) is 0 Å². The van der Waals surface area contributed by atoms with Gasteiger partial charge >= 0.3 is 0 Å². The summed E-state index contributed by atoms with van der Waals surface area (Å²) >= 11 is 0. The van der Waals surface area contributed by atoms with Crippen molar-refractivity contribution in [2.24, 2.45) is 0 Å². The predicted molar refractivity (Wildman–Crippen MR) is 104 cm³/mol. The molecule has 4 rings (SSSR count). The molecule has 28 heavy (non-hydrogen) atoms. The van der Waals surface area contributed by atoms with Crippen LogP contribution >= 0.6 is 0 Å². The fourth-order valence-corrected chi connectivity index (χ4v) is 3.41. The number of amides is 1. The van der Waals surface area contributed by atoms with Crippen molar-refractivity contribution in [2.75, 3.05) is 49.7 Å². The summed E-state index contributed by atoms with van der Waals surface area (Å²) in [6, 6.07) is 9.13. The van der Waals surface area contributed by atoms with Gasteiger partial charge in [-0.2, -0.15) is 0 Å². The summed E-state index contributed by atoms with van der Waals surface area (Å²) in [5.74, 6) is 1.71. The number of hydrogen-bond donors (Lipinski definition) is 1. The molecule has 3 heterocycles. The molecule has 1 saturated heterocycles. The minimum absolute atomic E-state index is 0.116. The average Bonchev–Trinajstić information content (AvgIpc) is 3.16. The fourth-order valence-electron chi connectivity index (χ4n) is 3.41. The molecular formula is C20H22N4O4. The van der Waals surface area contributed by atoms with Crippen molar-refractivity contribution >= 4 is 23.2 Å². The molecule has 0 unspecified atom stereocenters. The minimum atomic E-state index is -0.160. The third-order valence-electron chi connectivity index (χ3n) is 4.88. The van der Waals surface area contributed by atoms with Crippen molar-refractivity contribution in [2.45, 2.75) is 6.92 Å². The normalized spacial score (nSPS) is 16.1. The smallest absolute Gasteiger partial charge is 0.238 e. The van der Waals surface area contributed by atoms with Crippen molar-refractivity contribution < 1.29 is 19.1 Å². The Morgan fingerprint density at radius 3 is 2.54 bits per heavy atom. The van der Waals surface area contributed by atoms with Crippen LogP contribution in [-0.4, -0.2) is 61.1 Å². The first-order valence-corrected chi connectivity index (χ1v) is 9.23. The van der Waals surface area contributed by atoms with Crippen LogP contribution in [0.5, 0.6) is 11.5 Å². The summed E-state index contributed by atoms with van der Waals surface area (Å²) in [6.07, 6.45) is 1.78. The Bertz CT molecular complexity index is 879. The number of nitrogens with one attached hydrogen (secondary N) is 1. The van der Waals surface area contributed by atoms with Gasteiger partial charge in [-0.15, -0.1) is 0 Å². The number of pyridine rings is 1. The van der Waals surface area contributed by atoms with Crippen molar-refractivity contribution in [1.82, 2.24) is 9.88 Å². The number of carbonyl (C=O) groups is 2. The zero-order chi connectivity index (χ0) is 19.5. The Kier molecular flexibility index (Phi) is 5.12. The Hall–Kier alpha value is -3.13. The van der Waals surface area contributed by atoms with Gasteiger partial charge in [0.2, 0.25) is 12.7 Å². The number of fused-ring (bicyclic) bond motifs is 1. The van der Waals surface area contributed by atoms with Crippen LogP contribution in [-0.2, 0) is 4.79 Å². The zero-order valence-electron chi connectivity index (χ0n) is 15.7. The molecule has 0 radical (unpaired) electrons. The number of anilines is 2. The van der Waals surface area contributed by atoms with E-state index >= 15 is 0 Å². The van der Waals surface area contributed by atoms with E-state index in [0.717, 1.165) is 32.0 Å². The molecule has 8 nitrogen and oxygen atoms in total. The zero-order valence-corrected chi connectivity index (χ0v) is 15.7. The maximum atomic E-state index is 12.5. The van der Waals surface area contributed by atoms with Crippen LogP contribution < -0.4 is 19.7 Å². The lowest BCUT2D eigenvalue weighted by atomic mass is 10.1. The van der Waals surface area contributed by atoms with E-state index in [4.69, 9.17) is 9.47 Å². The minimum Gasteiger partial charge on any atom is -0.454 e. The third-order valence-corrected chi connectivity index (χ3v) is 4.88. The molecule has 2 aromatic rings. The van der Waals surface area contributed by atoms with Crippen LogP contribution in [0.25, 0.3) is 0 Å². The number of carbonyl (C=O) groups excluding carboxylic acids is 2. The summed E-state index contributed by atoms with van der Waals surface area (Å²) in [7, 11) is 0. The van der Waals surface area contributed by atoms with Gasteiger partial charge in [-0.3, -0.25) is 14.5 Å². The Morgan fingerprint density at radius 1 is 1.11 bits per heavy atom. The average molecular weight is 382 g/mol. The highest BCUT2D eigenvalue weighted by Crippen LogP contribution is 2.37. The Balaban J connectivity index is 1.36. The number of aromatic nitrogens is 1. The number of piperazine rings is 1. The highest BCUT2D eigenvalue weighted by atomic mass is 16.7. The van der Waals surface area contributed by atoms with E-state index in [0.29, 0.717) is 22.7 Å². The van der Waals surface area contributed by atoms with Gasteiger partial charge in [-0.25, -0.2) is 4.98 Å². The molecule has 0 saturated carbocycles. The maximum Gasteiger partial charge on any atom is 0.238 e. The first-order valence-electron chi connectivity index (χ1n) is 9.23. The number of Topliss-reactive ketones (excluding diaryl/α,β-unsaturated/α-hetero) is 1. The van der Waals surface area contributed by atoms with Gasteiger partial charge in [-0.1, -0.05) is 6.07 Å². The number of nitrogens with zero attached hydrogens (tertiary/aromatic N) is 3. The standard InChI is InChI=1S/C20H22N4O4/c1-14(25)15-10-17-18(28-13-27-17)11-16(15)22-20(26)12-23-6-8-24(9-7-23)19-4-2-3-5-21-19/h2-5,10-11H,6-9,12-13H2,1H3,(H,22,26). The summed E-state index contributed by atoms with van der Waals surface area (Å²) in [6.45, 7) is 5.01. The van der Waals surface area contributed by atoms with Crippen molar-refractivity contribution in [1.29, 1.82) is 0 Å². The van der Waals surface area contributed by atoms with Crippen molar-refractivity contribution in [3.05, 3.63) is 42.1 Å². The molecule has 0 aliphatic carbocycles. The maximum absolute atomic E-state index is 12.5. The van der Waals surface area contributed by atoms with E-state index in [1.54, 1.807) is 18.3 Å². The number of hydrogen-bond acceptors (Lipinski definition) is 7. The topological polar surface area (TPSA) is 84.0 Å². The van der Waals surface area contributed by atoms with E-state index in [9.17, 15) is 9.59 Å². The summed E-state index contributed by atoms with van der Waals surface area (Å²) < 4.78 is 10.7. The van der Waals surface area contributed by atoms with Crippen LogP contribution in [0.15, 0.2) is 36.5 Å². The van der Waals surface area contributed by atoms with Crippen LogP contribution in [0.4, 0.5) is 11.5 Å². The second kappa shape index (κ2) is 7.85. The Labute approximate surface area is 163 Å². The van der Waals surface area contributed by atoms with Gasteiger partial charge in [0.15, 0.2) is 17.3 Å². The molecule has 2 aliphatic heterocycles. The van der Waals surface area contributed by atoms with E-state index in [1.165, 1.54) is 6.92 Å². The lowest BCUT2D eigenvalue weighted by Gasteiger charge is -2.34. The highest BCUT2D eigenvalue weighted by Gasteiger charge is 2.23. The highest BCUT2D eigenvalue weighted by molar-refractivity contribution is 6.05. The lowest BCUT2D eigenvalue weighted by Crippen LogP contribution is -2.48. The van der Waals surface area contributed by atoms with Crippen molar-refractivity contribution in [3.8, 4) is 11.5 Å². The van der Waals surface area contributed by atoms with E-state index in [1.807, 2.05) is 18.2 Å². The molecule has 1 aromatic carbocycles. The second-order valence-electron chi connectivity index (χ2n) is 6.81. The number of benzene rings is 1. The molecule has 146 valence electrons. The van der Waals surface area contributed by atoms with Crippen LogP contribution in [0, 0.1) is 0 Å². The molecule has 0 atom stereocenters. The molecule has 1 amide bonds. The van der Waals surface area contributed by atoms with Crippen LogP contribution in [0.1, 0.15) is 17.3 Å². The first-order chi connectivity index (χ1) is 13.6.